The van der Waals surface area contributed by atoms with Crippen molar-refractivity contribution in [3.05, 3.63) is 47.1 Å². The highest BCUT2D eigenvalue weighted by molar-refractivity contribution is 6.29. The van der Waals surface area contributed by atoms with Crippen molar-refractivity contribution in [2.45, 2.75) is 6.54 Å². The number of hydrogen-bond acceptors (Lipinski definition) is 4. The molecule has 0 aromatic carbocycles. The molecule has 0 aliphatic heterocycles. The third-order valence-corrected chi connectivity index (χ3v) is 2.38. The summed E-state index contributed by atoms with van der Waals surface area (Å²) in [6, 6.07) is 4.81. The Morgan fingerprint density at radius 3 is 2.82 bits per heavy atom. The van der Waals surface area contributed by atoms with Gasteiger partial charge in [0.15, 0.2) is 0 Å². The molecule has 4 nitrogen and oxygen atoms in total. The summed E-state index contributed by atoms with van der Waals surface area (Å²) in [7, 11) is 0. The van der Waals surface area contributed by atoms with Gasteiger partial charge in [0.2, 0.25) is 0 Å². The molecule has 3 N–H and O–H groups in total. The molecule has 2 aromatic heterocycles. The Labute approximate surface area is 103 Å². The van der Waals surface area contributed by atoms with Crippen molar-refractivity contribution < 1.29 is 4.39 Å². The van der Waals surface area contributed by atoms with Crippen molar-refractivity contribution >= 4 is 23.1 Å². The van der Waals surface area contributed by atoms with E-state index in [2.05, 4.69) is 15.3 Å². The first kappa shape index (κ1) is 11.6. The quantitative estimate of drug-likeness (QED) is 0.824. The van der Waals surface area contributed by atoms with Gasteiger partial charge in [-0.05, 0) is 11.6 Å². The summed E-state index contributed by atoms with van der Waals surface area (Å²) < 4.78 is 12.9. The van der Waals surface area contributed by atoms with E-state index >= 15 is 0 Å². The van der Waals surface area contributed by atoms with Gasteiger partial charge in [-0.2, -0.15) is 0 Å². The number of pyridine rings is 2. The lowest BCUT2D eigenvalue weighted by atomic mass is 10.3. The highest BCUT2D eigenvalue weighted by atomic mass is 35.5. The molecular weight excluding hydrogens is 243 g/mol. The first-order valence-corrected chi connectivity index (χ1v) is 5.28. The zero-order valence-electron chi connectivity index (χ0n) is 8.82. The zero-order valence-corrected chi connectivity index (χ0v) is 9.58. The highest BCUT2D eigenvalue weighted by Crippen LogP contribution is 2.17. The molecule has 0 saturated carbocycles. The van der Waals surface area contributed by atoms with Crippen LogP contribution in [-0.4, -0.2) is 9.97 Å². The van der Waals surface area contributed by atoms with Crippen LogP contribution in [0.1, 0.15) is 5.56 Å². The number of rotatable bonds is 3. The normalized spacial score (nSPS) is 10.2. The molecule has 17 heavy (non-hydrogen) atoms. The van der Waals surface area contributed by atoms with E-state index in [9.17, 15) is 4.39 Å². The first-order valence-electron chi connectivity index (χ1n) is 4.90. The smallest absolute Gasteiger partial charge is 0.147 e. The van der Waals surface area contributed by atoms with E-state index in [1.807, 2.05) is 6.07 Å². The molecular formula is C11H10ClFN4. The van der Waals surface area contributed by atoms with Crippen LogP contribution in [0.3, 0.4) is 0 Å². The Balaban J connectivity index is 2.07. The van der Waals surface area contributed by atoms with Crippen LogP contribution >= 0.6 is 11.6 Å². The number of nitrogens with one attached hydrogen (secondary N) is 1. The minimum atomic E-state index is -0.434. The summed E-state index contributed by atoms with van der Waals surface area (Å²) in [5.74, 6) is -0.177. The van der Waals surface area contributed by atoms with Crippen molar-refractivity contribution in [2.24, 2.45) is 0 Å². The predicted octanol–water partition coefficient (Wildman–Crippen LogP) is 2.46. The Bertz CT molecular complexity index is 515. The van der Waals surface area contributed by atoms with Crippen molar-refractivity contribution in [2.75, 3.05) is 11.1 Å². The fraction of sp³-hybridized carbons (Fsp3) is 0.0909. The predicted molar refractivity (Wildman–Crippen MR) is 65.2 cm³/mol. The molecule has 0 saturated heterocycles. The van der Waals surface area contributed by atoms with Gasteiger partial charge in [0.25, 0.3) is 0 Å². The second-order valence-corrected chi connectivity index (χ2v) is 3.82. The van der Waals surface area contributed by atoms with Crippen molar-refractivity contribution in [3.63, 3.8) is 0 Å². The molecule has 0 bridgehead atoms. The van der Waals surface area contributed by atoms with Gasteiger partial charge in [-0.15, -0.1) is 0 Å². The lowest BCUT2D eigenvalue weighted by Gasteiger charge is -2.08. The van der Waals surface area contributed by atoms with Crippen molar-refractivity contribution in [1.29, 1.82) is 0 Å². The minimum absolute atomic E-state index is 0.258. The Morgan fingerprint density at radius 1 is 1.29 bits per heavy atom. The van der Waals surface area contributed by atoms with Crippen LogP contribution < -0.4 is 11.1 Å². The molecule has 0 spiro atoms. The zero-order chi connectivity index (χ0) is 12.3. The number of nitrogens with two attached hydrogens (primary N) is 1. The molecule has 0 atom stereocenters. The topological polar surface area (TPSA) is 63.8 Å². The van der Waals surface area contributed by atoms with Crippen LogP contribution in [0, 0.1) is 5.82 Å². The van der Waals surface area contributed by atoms with Crippen LogP contribution in [0.25, 0.3) is 0 Å². The number of anilines is 2. The van der Waals surface area contributed by atoms with Gasteiger partial charge in [0, 0.05) is 18.8 Å². The van der Waals surface area contributed by atoms with Gasteiger partial charge in [-0.25, -0.2) is 14.4 Å². The summed E-state index contributed by atoms with van der Waals surface area (Å²) in [5.41, 5.74) is 6.97. The van der Waals surface area contributed by atoms with Crippen LogP contribution in [0.2, 0.25) is 5.15 Å². The van der Waals surface area contributed by atoms with E-state index in [1.165, 1.54) is 6.07 Å². The average Bonchev–Trinajstić information content (AvgIpc) is 2.32. The number of nitrogens with zero attached hydrogens (tertiary/aromatic N) is 2. The van der Waals surface area contributed by atoms with E-state index in [0.29, 0.717) is 17.4 Å². The van der Waals surface area contributed by atoms with Gasteiger partial charge in [-0.3, -0.25) is 0 Å². The van der Waals surface area contributed by atoms with E-state index in [0.717, 1.165) is 11.8 Å². The van der Waals surface area contributed by atoms with Gasteiger partial charge < -0.3 is 11.1 Å². The maximum Gasteiger partial charge on any atom is 0.147 e. The van der Waals surface area contributed by atoms with Gasteiger partial charge in [0.1, 0.15) is 16.8 Å². The lowest BCUT2D eigenvalue weighted by molar-refractivity contribution is 0.622. The molecule has 0 unspecified atom stereocenters. The van der Waals surface area contributed by atoms with Crippen LogP contribution in [0.4, 0.5) is 15.9 Å². The van der Waals surface area contributed by atoms with Gasteiger partial charge >= 0.3 is 0 Å². The molecule has 88 valence electrons. The van der Waals surface area contributed by atoms with Crippen molar-refractivity contribution in [3.8, 4) is 0 Å². The summed E-state index contributed by atoms with van der Waals surface area (Å²) >= 11 is 5.66. The average molecular weight is 253 g/mol. The molecule has 0 aliphatic rings. The van der Waals surface area contributed by atoms with Gasteiger partial charge in [-0.1, -0.05) is 17.7 Å². The molecule has 0 radical (unpaired) electrons. The monoisotopic (exact) mass is 252 g/mol. The van der Waals surface area contributed by atoms with Crippen LogP contribution in [-0.2, 0) is 6.54 Å². The fourth-order valence-electron chi connectivity index (χ4n) is 1.30. The highest BCUT2D eigenvalue weighted by Gasteiger charge is 2.02. The van der Waals surface area contributed by atoms with Crippen LogP contribution in [0.5, 0.6) is 0 Å². The second-order valence-electron chi connectivity index (χ2n) is 3.43. The Kier molecular flexibility index (Phi) is 3.39. The van der Waals surface area contributed by atoms with E-state index < -0.39 is 5.82 Å². The summed E-state index contributed by atoms with van der Waals surface area (Å²) in [4.78, 5) is 7.64. The molecule has 6 heteroatoms. The lowest BCUT2D eigenvalue weighted by Crippen LogP contribution is -2.04. The number of aromatic nitrogens is 2. The second kappa shape index (κ2) is 4.97. The van der Waals surface area contributed by atoms with Crippen molar-refractivity contribution in [1.82, 2.24) is 9.97 Å². The Morgan fingerprint density at radius 2 is 2.12 bits per heavy atom. The SMILES string of the molecule is Nc1ncc(F)cc1NCc1ccc(Cl)nc1. The molecule has 0 amide bonds. The minimum Gasteiger partial charge on any atom is -0.382 e. The molecule has 0 aliphatic carbocycles. The summed E-state index contributed by atoms with van der Waals surface area (Å²) in [6.45, 7) is 0.472. The summed E-state index contributed by atoms with van der Waals surface area (Å²) in [6.07, 6.45) is 2.71. The number of nitrogen functional groups attached to an aromatic ring is 1. The van der Waals surface area contributed by atoms with Gasteiger partial charge in [0.05, 0.1) is 11.9 Å². The number of halogens is 2. The maximum atomic E-state index is 12.9. The molecule has 2 aromatic rings. The standard InChI is InChI=1S/C11H10ClFN4/c12-10-2-1-7(5-16-10)4-15-9-3-8(13)6-17-11(9)14/h1-3,5-6,15H,4H2,(H2,14,17). The summed E-state index contributed by atoms with van der Waals surface area (Å²) in [5, 5.41) is 3.41. The largest absolute Gasteiger partial charge is 0.382 e. The molecule has 0 fully saturated rings. The first-order chi connectivity index (χ1) is 8.15. The molecule has 2 heterocycles. The van der Waals surface area contributed by atoms with E-state index in [4.69, 9.17) is 17.3 Å². The molecule has 2 rings (SSSR count). The third-order valence-electron chi connectivity index (χ3n) is 2.16. The van der Waals surface area contributed by atoms with Crippen LogP contribution in [0.15, 0.2) is 30.6 Å². The fourth-order valence-corrected chi connectivity index (χ4v) is 1.41. The Hall–Kier alpha value is -1.88. The number of hydrogen-bond donors (Lipinski definition) is 2. The van der Waals surface area contributed by atoms with E-state index in [1.54, 1.807) is 12.3 Å². The van der Waals surface area contributed by atoms with E-state index in [-0.39, 0.29) is 5.82 Å². The maximum absolute atomic E-state index is 12.9. The third kappa shape index (κ3) is 3.04.